The molecule has 0 amide bonds. The number of para-hydroxylation sites is 1. The summed E-state index contributed by atoms with van der Waals surface area (Å²) in [7, 11) is 0. The van der Waals surface area contributed by atoms with Crippen molar-refractivity contribution in [1.82, 2.24) is 4.90 Å². The van der Waals surface area contributed by atoms with Crippen molar-refractivity contribution in [2.45, 2.75) is 44.1 Å². The summed E-state index contributed by atoms with van der Waals surface area (Å²) in [4.78, 5) is 2.55. The number of piperidine rings is 3. The largest absolute Gasteiger partial charge is 0.493 e. The highest BCUT2D eigenvalue weighted by molar-refractivity contribution is 5.34. The van der Waals surface area contributed by atoms with Crippen molar-refractivity contribution >= 4 is 0 Å². The predicted octanol–water partition coefficient (Wildman–Crippen LogP) is 4.65. The SMILES string of the molecule is OC(CCc1ccccc1OCC1CCOCC1)(c1ccccc1)C1CN2CCC1CC2. The van der Waals surface area contributed by atoms with Crippen LogP contribution < -0.4 is 4.74 Å². The van der Waals surface area contributed by atoms with Gasteiger partial charge in [-0.2, -0.15) is 0 Å². The molecule has 1 N–H and O–H groups in total. The maximum atomic E-state index is 12.2. The van der Waals surface area contributed by atoms with Gasteiger partial charge >= 0.3 is 0 Å². The van der Waals surface area contributed by atoms with Crippen LogP contribution in [0, 0.1) is 17.8 Å². The Labute approximate surface area is 192 Å². The van der Waals surface area contributed by atoms with E-state index in [0.717, 1.165) is 63.4 Å². The first kappa shape index (κ1) is 21.9. The second-order valence-electron chi connectivity index (χ2n) is 10.0. The fourth-order valence-electron chi connectivity index (χ4n) is 6.07. The minimum Gasteiger partial charge on any atom is -0.493 e. The minimum atomic E-state index is -0.807. The summed E-state index contributed by atoms with van der Waals surface area (Å²) in [5.41, 5.74) is 1.47. The summed E-state index contributed by atoms with van der Waals surface area (Å²) in [5, 5.41) is 12.2. The second kappa shape index (κ2) is 9.94. The molecule has 0 aromatic heterocycles. The van der Waals surface area contributed by atoms with Crippen LogP contribution in [-0.4, -0.2) is 49.5 Å². The van der Waals surface area contributed by atoms with E-state index in [9.17, 15) is 5.11 Å². The normalized spacial score (nSPS) is 27.7. The standard InChI is InChI=1S/C28H37NO3/c30-28(25-7-2-1-3-8-25,26-20-29-16-11-23(26)12-17-29)15-10-24-6-4-5-9-27(24)32-21-22-13-18-31-19-14-22/h1-9,22-23,26,30H,10-21H2. The van der Waals surface area contributed by atoms with Crippen LogP contribution in [0.4, 0.5) is 0 Å². The fraction of sp³-hybridized carbons (Fsp3) is 0.571. The number of rotatable bonds is 8. The molecule has 4 fully saturated rings. The van der Waals surface area contributed by atoms with E-state index in [2.05, 4.69) is 53.4 Å². The molecule has 2 aromatic carbocycles. The molecule has 0 aliphatic carbocycles. The second-order valence-corrected chi connectivity index (χ2v) is 10.0. The average molecular weight is 436 g/mol. The van der Waals surface area contributed by atoms with E-state index in [4.69, 9.17) is 9.47 Å². The van der Waals surface area contributed by atoms with Crippen LogP contribution >= 0.6 is 0 Å². The molecule has 4 saturated heterocycles. The van der Waals surface area contributed by atoms with Crippen LogP contribution in [-0.2, 0) is 16.8 Å². The predicted molar refractivity (Wildman–Crippen MR) is 127 cm³/mol. The van der Waals surface area contributed by atoms with Crippen LogP contribution in [0.15, 0.2) is 54.6 Å². The van der Waals surface area contributed by atoms with Crippen molar-refractivity contribution in [3.8, 4) is 5.75 Å². The molecule has 0 saturated carbocycles. The van der Waals surface area contributed by atoms with Crippen LogP contribution in [0.2, 0.25) is 0 Å². The minimum absolute atomic E-state index is 0.294. The Balaban J connectivity index is 1.33. The Bertz CT molecular complexity index is 858. The summed E-state index contributed by atoms with van der Waals surface area (Å²) >= 11 is 0. The first-order valence-electron chi connectivity index (χ1n) is 12.5. The van der Waals surface area contributed by atoms with Gasteiger partial charge in [0.25, 0.3) is 0 Å². The molecule has 172 valence electrons. The van der Waals surface area contributed by atoms with E-state index >= 15 is 0 Å². The number of ether oxygens (including phenoxy) is 2. The zero-order chi connectivity index (χ0) is 21.8. The van der Waals surface area contributed by atoms with Crippen LogP contribution in [0.5, 0.6) is 5.75 Å². The third-order valence-electron chi connectivity index (χ3n) is 8.11. The van der Waals surface area contributed by atoms with Crippen LogP contribution in [0.3, 0.4) is 0 Å². The van der Waals surface area contributed by atoms with E-state index in [0.29, 0.717) is 17.8 Å². The first-order valence-corrected chi connectivity index (χ1v) is 12.5. The van der Waals surface area contributed by atoms with Gasteiger partial charge in [-0.3, -0.25) is 0 Å². The summed E-state index contributed by atoms with van der Waals surface area (Å²) in [6, 6.07) is 18.8. The van der Waals surface area contributed by atoms with E-state index in [-0.39, 0.29) is 0 Å². The van der Waals surface area contributed by atoms with Gasteiger partial charge in [-0.1, -0.05) is 48.5 Å². The smallest absolute Gasteiger partial charge is 0.122 e. The lowest BCUT2D eigenvalue weighted by Crippen LogP contribution is -2.55. The zero-order valence-corrected chi connectivity index (χ0v) is 19.1. The maximum absolute atomic E-state index is 12.2. The number of nitrogens with zero attached hydrogens (tertiary/aromatic N) is 1. The number of hydrogen-bond donors (Lipinski definition) is 1. The third-order valence-corrected chi connectivity index (χ3v) is 8.11. The molecule has 0 spiro atoms. The fourth-order valence-corrected chi connectivity index (χ4v) is 6.07. The monoisotopic (exact) mass is 435 g/mol. The molecule has 2 unspecified atom stereocenters. The lowest BCUT2D eigenvalue weighted by atomic mass is 9.66. The molecule has 2 aromatic rings. The Kier molecular flexibility index (Phi) is 6.82. The summed E-state index contributed by atoms with van der Waals surface area (Å²) in [6.45, 7) is 5.84. The molecule has 4 heterocycles. The van der Waals surface area contributed by atoms with Gasteiger partial charge in [0.1, 0.15) is 5.75 Å². The van der Waals surface area contributed by atoms with Crippen molar-refractivity contribution < 1.29 is 14.6 Å². The first-order chi connectivity index (χ1) is 15.7. The highest BCUT2D eigenvalue weighted by Gasteiger charge is 2.47. The lowest BCUT2D eigenvalue weighted by molar-refractivity contribution is -0.106. The van der Waals surface area contributed by atoms with Crippen LogP contribution in [0.1, 0.15) is 43.2 Å². The Hall–Kier alpha value is -1.88. The van der Waals surface area contributed by atoms with Crippen molar-refractivity contribution in [2.24, 2.45) is 17.8 Å². The average Bonchev–Trinajstić information content (AvgIpc) is 2.88. The molecule has 32 heavy (non-hydrogen) atoms. The quantitative estimate of drug-likeness (QED) is 0.655. The molecule has 4 aliphatic rings. The zero-order valence-electron chi connectivity index (χ0n) is 19.1. The van der Waals surface area contributed by atoms with Gasteiger partial charge < -0.3 is 19.5 Å². The van der Waals surface area contributed by atoms with Crippen molar-refractivity contribution in [1.29, 1.82) is 0 Å². The topological polar surface area (TPSA) is 41.9 Å². The lowest BCUT2D eigenvalue weighted by Gasteiger charge is -2.51. The highest BCUT2D eigenvalue weighted by Crippen LogP contribution is 2.46. The number of benzene rings is 2. The van der Waals surface area contributed by atoms with Gasteiger partial charge in [0.05, 0.1) is 12.2 Å². The molecule has 2 atom stereocenters. The Morgan fingerprint density at radius 1 is 0.938 bits per heavy atom. The van der Waals surface area contributed by atoms with Gasteiger partial charge in [0.2, 0.25) is 0 Å². The van der Waals surface area contributed by atoms with Crippen molar-refractivity contribution in [2.75, 3.05) is 39.5 Å². The van der Waals surface area contributed by atoms with Crippen molar-refractivity contribution in [3.05, 3.63) is 65.7 Å². The number of fused-ring (bicyclic) bond motifs is 3. The molecular formula is C28H37NO3. The molecule has 6 rings (SSSR count). The number of aryl methyl sites for hydroxylation is 1. The van der Waals surface area contributed by atoms with Crippen molar-refractivity contribution in [3.63, 3.8) is 0 Å². The van der Waals surface area contributed by atoms with E-state index in [1.54, 1.807) is 0 Å². The molecule has 4 aliphatic heterocycles. The van der Waals surface area contributed by atoms with Gasteiger partial charge in [0, 0.05) is 25.7 Å². The van der Waals surface area contributed by atoms with E-state index in [1.165, 1.54) is 31.5 Å². The van der Waals surface area contributed by atoms with Gasteiger partial charge in [-0.15, -0.1) is 0 Å². The maximum Gasteiger partial charge on any atom is 0.122 e. The molecule has 4 nitrogen and oxygen atoms in total. The third kappa shape index (κ3) is 4.73. The summed E-state index contributed by atoms with van der Waals surface area (Å²) < 4.78 is 11.8. The Morgan fingerprint density at radius 2 is 1.66 bits per heavy atom. The van der Waals surface area contributed by atoms with Gasteiger partial charge in [-0.25, -0.2) is 0 Å². The summed E-state index contributed by atoms with van der Waals surface area (Å²) in [6.07, 6.45) is 6.13. The molecular weight excluding hydrogens is 398 g/mol. The molecule has 0 radical (unpaired) electrons. The van der Waals surface area contributed by atoms with E-state index < -0.39 is 5.60 Å². The van der Waals surface area contributed by atoms with Crippen LogP contribution in [0.25, 0.3) is 0 Å². The highest BCUT2D eigenvalue weighted by atomic mass is 16.5. The van der Waals surface area contributed by atoms with Gasteiger partial charge in [-0.05, 0) is 80.6 Å². The van der Waals surface area contributed by atoms with Gasteiger partial charge in [0.15, 0.2) is 0 Å². The number of aliphatic hydroxyl groups is 1. The number of hydrogen-bond acceptors (Lipinski definition) is 4. The molecule has 2 bridgehead atoms. The summed E-state index contributed by atoms with van der Waals surface area (Å²) in [5.74, 6) is 2.46. The Morgan fingerprint density at radius 3 is 2.38 bits per heavy atom. The van der Waals surface area contributed by atoms with E-state index in [1.807, 2.05) is 6.07 Å². The molecule has 4 heteroatoms.